The Morgan fingerprint density at radius 3 is 2.45 bits per heavy atom. The SMILES string of the molecule is CCS(=O)(=O)c1ccc(OC2CC(CCN3CCC4(CCN(c5ncc(C(=O)NC6C(C)(C)C(Oc7ccc(C#N)c(Cl)c7)C6(C)C)cn5)C4)C3)C2)c(-c2cn(C)c(=O)c3[nH]ccc23)c1. The van der Waals surface area contributed by atoms with Crippen LogP contribution in [0.25, 0.3) is 22.0 Å². The highest BCUT2D eigenvalue weighted by Crippen LogP contribution is 2.56. The van der Waals surface area contributed by atoms with Gasteiger partial charge < -0.3 is 34.1 Å². The van der Waals surface area contributed by atoms with Crippen LogP contribution in [0.15, 0.2) is 76.9 Å². The van der Waals surface area contributed by atoms with Gasteiger partial charge in [0.05, 0.1) is 32.9 Å². The van der Waals surface area contributed by atoms with E-state index >= 15 is 0 Å². The number of aromatic amines is 1. The van der Waals surface area contributed by atoms with Gasteiger partial charge in [0, 0.05) is 96.3 Å². The predicted octanol–water partition coefficient (Wildman–Crippen LogP) is 7.40. The van der Waals surface area contributed by atoms with Crippen LogP contribution in [0.5, 0.6) is 11.5 Å². The lowest BCUT2D eigenvalue weighted by Gasteiger charge is -2.63. The third kappa shape index (κ3) is 8.27. The maximum absolute atomic E-state index is 13.5. The molecule has 1 atom stereocenters. The van der Waals surface area contributed by atoms with E-state index < -0.39 is 9.84 Å². The van der Waals surface area contributed by atoms with Crippen LogP contribution >= 0.6 is 11.6 Å². The molecule has 4 aliphatic rings. The van der Waals surface area contributed by atoms with Crippen LogP contribution in [0.4, 0.5) is 5.95 Å². The highest BCUT2D eigenvalue weighted by molar-refractivity contribution is 7.91. The number of likely N-dealkylation sites (tertiary alicyclic amines) is 1. The number of rotatable bonds is 13. The average molecular weight is 922 g/mol. The van der Waals surface area contributed by atoms with E-state index in [2.05, 4.69) is 63.8 Å². The third-order valence-corrected chi connectivity index (χ3v) is 16.8. The van der Waals surface area contributed by atoms with Crippen LogP contribution in [0, 0.1) is 33.5 Å². The molecule has 2 aliphatic heterocycles. The molecule has 9 rings (SSSR count). The first-order chi connectivity index (χ1) is 30.9. The topological polar surface area (TPSA) is 176 Å². The molecule has 2 aromatic carbocycles. The highest BCUT2D eigenvalue weighted by Gasteiger charge is 2.64. The van der Waals surface area contributed by atoms with Crippen molar-refractivity contribution < 1.29 is 22.7 Å². The first-order valence-electron chi connectivity index (χ1n) is 22.6. The van der Waals surface area contributed by atoms with Gasteiger partial charge >= 0.3 is 0 Å². The van der Waals surface area contributed by atoms with Gasteiger partial charge in [-0.2, -0.15) is 5.26 Å². The molecule has 16 heteroatoms. The van der Waals surface area contributed by atoms with Gasteiger partial charge in [-0.3, -0.25) is 9.59 Å². The van der Waals surface area contributed by atoms with Crippen molar-refractivity contribution in [3.63, 3.8) is 0 Å². The van der Waals surface area contributed by atoms with E-state index in [0.29, 0.717) is 50.6 Å². The van der Waals surface area contributed by atoms with Crippen molar-refractivity contribution in [3.05, 3.63) is 93.8 Å². The number of anilines is 1. The Hall–Kier alpha value is -5.43. The van der Waals surface area contributed by atoms with E-state index in [1.807, 2.05) is 6.07 Å². The molecule has 0 bridgehead atoms. The van der Waals surface area contributed by atoms with Crippen LogP contribution < -0.4 is 25.2 Å². The first-order valence-corrected chi connectivity index (χ1v) is 24.6. The van der Waals surface area contributed by atoms with Crippen LogP contribution in [-0.4, -0.2) is 95.5 Å². The number of aryl methyl sites for hydroxylation is 1. The summed E-state index contributed by atoms with van der Waals surface area (Å²) in [5, 5.41) is 13.5. The lowest BCUT2D eigenvalue weighted by Crippen LogP contribution is -2.74. The Kier molecular flexibility index (Phi) is 11.6. The van der Waals surface area contributed by atoms with Crippen molar-refractivity contribution >= 4 is 44.2 Å². The molecule has 1 amide bonds. The van der Waals surface area contributed by atoms with E-state index in [9.17, 15) is 23.3 Å². The zero-order valence-corrected chi connectivity index (χ0v) is 39.4. The van der Waals surface area contributed by atoms with Crippen LogP contribution in [0.1, 0.15) is 82.6 Å². The molecule has 0 radical (unpaired) electrons. The van der Waals surface area contributed by atoms with Gasteiger partial charge in [0.15, 0.2) is 9.84 Å². The fourth-order valence-corrected chi connectivity index (χ4v) is 12.4. The minimum atomic E-state index is -3.47. The molecule has 2 N–H and O–H groups in total. The monoisotopic (exact) mass is 920 g/mol. The van der Waals surface area contributed by atoms with E-state index in [-0.39, 0.29) is 56.6 Å². The summed E-state index contributed by atoms with van der Waals surface area (Å²) >= 11 is 6.27. The number of nitrogens with one attached hydrogen (secondary N) is 2. The smallest absolute Gasteiger partial charge is 0.274 e. The first kappa shape index (κ1) is 44.8. The van der Waals surface area contributed by atoms with E-state index in [1.54, 1.807) is 75.2 Å². The molecule has 5 heterocycles. The summed E-state index contributed by atoms with van der Waals surface area (Å²) < 4.78 is 40.4. The Morgan fingerprint density at radius 2 is 1.74 bits per heavy atom. The number of amides is 1. The van der Waals surface area contributed by atoms with Gasteiger partial charge in [-0.05, 0) is 87.5 Å². The van der Waals surface area contributed by atoms with Crippen molar-refractivity contribution in [1.82, 2.24) is 29.7 Å². The van der Waals surface area contributed by atoms with Gasteiger partial charge in [-0.25, -0.2) is 18.4 Å². The van der Waals surface area contributed by atoms with Crippen LogP contribution in [0.2, 0.25) is 5.02 Å². The van der Waals surface area contributed by atoms with Crippen molar-refractivity contribution in [2.75, 3.05) is 43.4 Å². The zero-order valence-electron chi connectivity index (χ0n) is 37.9. The van der Waals surface area contributed by atoms with Crippen molar-refractivity contribution in [2.24, 2.45) is 29.2 Å². The number of pyridine rings is 1. The molecular weight excluding hydrogens is 864 g/mol. The molecule has 3 aromatic heterocycles. The number of halogens is 1. The predicted molar refractivity (Wildman–Crippen MR) is 250 cm³/mol. The van der Waals surface area contributed by atoms with Gasteiger partial charge in [0.25, 0.3) is 11.5 Å². The summed E-state index contributed by atoms with van der Waals surface area (Å²) in [6.45, 7) is 14.8. The maximum Gasteiger partial charge on any atom is 0.274 e. The number of nitriles is 1. The second kappa shape index (κ2) is 16.8. The number of fused-ring (bicyclic) bond motifs is 1. The number of ether oxygens (including phenoxy) is 2. The number of H-pyrrole nitrogens is 1. The van der Waals surface area contributed by atoms with Gasteiger partial charge in [0.1, 0.15) is 29.2 Å². The highest BCUT2D eigenvalue weighted by atomic mass is 35.5. The van der Waals surface area contributed by atoms with Gasteiger partial charge in [0.2, 0.25) is 5.95 Å². The molecule has 1 unspecified atom stereocenters. The molecule has 1 spiro atoms. The minimum absolute atomic E-state index is 0.0109. The summed E-state index contributed by atoms with van der Waals surface area (Å²) in [6.07, 6.45) is 11.7. The van der Waals surface area contributed by atoms with Crippen molar-refractivity contribution in [3.8, 4) is 28.7 Å². The Balaban J connectivity index is 0.758. The number of nitrogens with zero attached hydrogens (tertiary/aromatic N) is 6. The standard InChI is InChI=1S/C49H57ClN8O6S/c1-7-65(61,62)35-10-11-40(37(23-35)38-27-56(6)43(60)41-36(38)12-16-52-41)63-34-20-30(21-34)13-17-57-18-14-49(28-57)15-19-58(29-49)46-53-25-32(26-54-46)42(59)55-44-47(2,3)45(48(44,4)5)64-33-9-8-31(24-51)39(50)22-33/h8-12,16,22-23,25-27,30,34,44-45,52H,7,13-15,17-21,28-29H2,1-6H3,(H,55,59). The minimum Gasteiger partial charge on any atom is -0.490 e. The fraction of sp³-hybridized carbons (Fsp3) is 0.490. The average Bonchev–Trinajstić information content (AvgIpc) is 4.04. The second-order valence-electron chi connectivity index (χ2n) is 19.9. The molecular formula is C49H57ClN8O6S. The summed E-state index contributed by atoms with van der Waals surface area (Å²) in [5.41, 5.74) is 1.94. The maximum atomic E-state index is 13.5. The lowest BCUT2D eigenvalue weighted by molar-refractivity contribution is -0.164. The largest absolute Gasteiger partial charge is 0.490 e. The Bertz CT molecular complexity index is 2850. The van der Waals surface area contributed by atoms with Crippen molar-refractivity contribution in [2.45, 2.75) is 89.9 Å². The van der Waals surface area contributed by atoms with E-state index in [4.69, 9.17) is 21.1 Å². The number of hydrogen-bond donors (Lipinski definition) is 2. The van der Waals surface area contributed by atoms with Gasteiger partial charge in [-0.15, -0.1) is 0 Å². The molecule has 2 saturated carbocycles. The second-order valence-corrected chi connectivity index (χ2v) is 22.6. The zero-order chi connectivity index (χ0) is 46.1. The van der Waals surface area contributed by atoms with E-state index in [1.165, 1.54) is 4.57 Å². The molecule has 65 heavy (non-hydrogen) atoms. The molecule has 2 aliphatic carbocycles. The summed E-state index contributed by atoms with van der Waals surface area (Å²) in [5.74, 6) is 2.16. The van der Waals surface area contributed by atoms with Gasteiger partial charge in [-0.1, -0.05) is 46.2 Å². The summed E-state index contributed by atoms with van der Waals surface area (Å²) in [7, 11) is -1.77. The number of aromatic nitrogens is 4. The quantitative estimate of drug-likeness (QED) is 0.120. The number of hydrogen-bond acceptors (Lipinski definition) is 11. The number of carbonyl (C=O) groups excluding carboxylic acids is 1. The molecule has 2 saturated heterocycles. The normalized spacial score (nSPS) is 24.7. The third-order valence-electron chi connectivity index (χ3n) is 14.8. The Labute approximate surface area is 385 Å². The molecule has 14 nitrogen and oxygen atoms in total. The van der Waals surface area contributed by atoms with E-state index in [0.717, 1.165) is 75.8 Å². The number of benzene rings is 2. The number of carbonyl (C=O) groups is 1. The summed E-state index contributed by atoms with van der Waals surface area (Å²) in [4.78, 5) is 43.8. The Morgan fingerprint density at radius 1 is 1.00 bits per heavy atom. The van der Waals surface area contributed by atoms with Crippen LogP contribution in [0.3, 0.4) is 0 Å². The molecule has 4 fully saturated rings. The summed E-state index contributed by atoms with van der Waals surface area (Å²) in [6, 6.07) is 13.9. The lowest BCUT2D eigenvalue weighted by atomic mass is 9.49. The van der Waals surface area contributed by atoms with Crippen molar-refractivity contribution in [1.29, 1.82) is 5.26 Å². The molecule has 342 valence electrons. The fourth-order valence-electron chi connectivity index (χ4n) is 11.3. The molecule has 5 aromatic rings. The number of sulfone groups is 1. The van der Waals surface area contributed by atoms with Crippen LogP contribution in [-0.2, 0) is 16.9 Å².